The van der Waals surface area contributed by atoms with E-state index in [0.717, 1.165) is 10.1 Å². The fraction of sp³-hybridized carbons (Fsp3) is 0. The van der Waals surface area contributed by atoms with Crippen molar-refractivity contribution >= 4 is 66.3 Å². The molecule has 0 saturated heterocycles. The Morgan fingerprint density at radius 1 is 0.702 bits per heavy atom. The second-order valence-corrected chi connectivity index (χ2v) is 10.1. The van der Waals surface area contributed by atoms with Crippen molar-refractivity contribution < 1.29 is 0 Å². The highest BCUT2D eigenvalue weighted by Crippen LogP contribution is 2.36. The Labute approximate surface area is 267 Å². The van der Waals surface area contributed by atoms with Gasteiger partial charge in [-0.2, -0.15) is 31.3 Å². The van der Waals surface area contributed by atoms with Crippen LogP contribution in [0.25, 0.3) is 57.7 Å². The Morgan fingerprint density at radius 3 is 1.94 bits per heavy atom. The van der Waals surface area contributed by atoms with Gasteiger partial charge in [0.1, 0.15) is 30.0 Å². The second kappa shape index (κ2) is 11.5. The van der Waals surface area contributed by atoms with Crippen molar-refractivity contribution in [3.8, 4) is 30.3 Å². The van der Waals surface area contributed by atoms with Gasteiger partial charge in [-0.25, -0.2) is 4.85 Å². The summed E-state index contributed by atoms with van der Waals surface area (Å²) in [5.74, 6) is -1.08. The lowest BCUT2D eigenvalue weighted by atomic mass is 9.99. The van der Waals surface area contributed by atoms with Crippen LogP contribution < -0.4 is 10.4 Å². The lowest BCUT2D eigenvalue weighted by Crippen LogP contribution is -2.12. The van der Waals surface area contributed by atoms with Crippen LogP contribution in [0.2, 0.25) is 0 Å². The van der Waals surface area contributed by atoms with Crippen LogP contribution in [0, 0.1) is 76.4 Å². The van der Waals surface area contributed by atoms with Crippen LogP contribution in [-0.2, 0) is 0 Å². The third kappa shape index (κ3) is 4.50. The molecule has 0 amide bonds. The van der Waals surface area contributed by atoms with Gasteiger partial charge in [0.05, 0.1) is 28.7 Å². The van der Waals surface area contributed by atoms with Gasteiger partial charge < -0.3 is 9.69 Å². The van der Waals surface area contributed by atoms with Gasteiger partial charge in [0.15, 0.2) is 11.8 Å². The Bertz CT molecular complexity index is 2630. The number of fused-ring (bicyclic) bond motifs is 6. The number of benzene rings is 1. The minimum atomic E-state index is -0.396. The Balaban J connectivity index is 1.70. The van der Waals surface area contributed by atoms with Crippen LogP contribution in [0.1, 0.15) is 34.0 Å². The van der Waals surface area contributed by atoms with Crippen LogP contribution in [0.3, 0.4) is 0 Å². The maximum Gasteiger partial charge on any atom is 0.374 e. The summed E-state index contributed by atoms with van der Waals surface area (Å²) in [6.45, 7) is 22.6. The average Bonchev–Trinajstić information content (AvgIpc) is 3.63. The van der Waals surface area contributed by atoms with E-state index in [2.05, 4.69) is 44.4 Å². The lowest BCUT2D eigenvalue weighted by Gasteiger charge is -2.08. The molecule has 0 unspecified atom stereocenters. The number of pyridine rings is 2. The Kier molecular flexibility index (Phi) is 7.07. The van der Waals surface area contributed by atoms with Crippen molar-refractivity contribution in [2.45, 2.75) is 0 Å². The highest BCUT2D eigenvalue weighted by molar-refractivity contribution is 7.18. The summed E-state index contributed by atoms with van der Waals surface area (Å²) in [5.41, 5.74) is -0.381. The molecule has 0 N–H and O–H groups in total. The molecule has 6 rings (SSSR count). The number of rotatable bonds is 2. The molecule has 0 aliphatic rings. The molecule has 0 bridgehead atoms. The summed E-state index contributed by atoms with van der Waals surface area (Å²) in [7, 11) is 0. The van der Waals surface area contributed by atoms with E-state index >= 15 is 0 Å². The average molecular weight is 619 g/mol. The van der Waals surface area contributed by atoms with Crippen LogP contribution in [0.5, 0.6) is 0 Å². The third-order valence-corrected chi connectivity index (χ3v) is 7.83. The molecule has 210 valence electrons. The van der Waals surface area contributed by atoms with Crippen LogP contribution in [0.15, 0.2) is 36.0 Å². The van der Waals surface area contributed by atoms with Crippen LogP contribution in [0.4, 0.5) is 11.8 Å². The van der Waals surface area contributed by atoms with Gasteiger partial charge in [0, 0.05) is 44.0 Å². The van der Waals surface area contributed by atoms with E-state index in [1.165, 1.54) is 23.7 Å². The van der Waals surface area contributed by atoms with Crippen molar-refractivity contribution in [3.63, 3.8) is 0 Å². The first-order chi connectivity index (χ1) is 22.9. The normalized spacial score (nSPS) is 11.5. The molecule has 47 heavy (non-hydrogen) atoms. The van der Waals surface area contributed by atoms with Crippen molar-refractivity contribution in [2.24, 2.45) is 0 Å². The zero-order valence-electron chi connectivity index (χ0n) is 23.1. The summed E-state index contributed by atoms with van der Waals surface area (Å²) < 4.78 is 0.755. The van der Waals surface area contributed by atoms with Gasteiger partial charge >= 0.3 is 11.8 Å². The van der Waals surface area contributed by atoms with E-state index in [1.807, 2.05) is 35.7 Å². The fourth-order valence-corrected chi connectivity index (χ4v) is 5.92. The van der Waals surface area contributed by atoms with E-state index in [1.54, 1.807) is 18.2 Å². The van der Waals surface area contributed by atoms with Crippen molar-refractivity contribution in [1.29, 1.82) is 26.3 Å². The largest absolute Gasteiger partial charge is 0.394 e. The summed E-state index contributed by atoms with van der Waals surface area (Å²) in [5, 5.41) is 52.9. The molecule has 0 saturated carbocycles. The molecule has 5 aromatic heterocycles. The van der Waals surface area contributed by atoms with Crippen molar-refractivity contribution in [1.82, 2.24) is 29.9 Å². The quantitative estimate of drug-likeness (QED) is 0.200. The summed E-state index contributed by atoms with van der Waals surface area (Å²) in [6, 6.07) is 14.5. The fourth-order valence-electron chi connectivity index (χ4n) is 4.99. The zero-order chi connectivity index (χ0) is 33.2. The highest BCUT2D eigenvalue weighted by atomic mass is 32.1. The number of nitriles is 5. The molecule has 0 atom stereocenters. The van der Waals surface area contributed by atoms with Gasteiger partial charge in [-0.3, -0.25) is 9.97 Å². The van der Waals surface area contributed by atoms with Gasteiger partial charge in [0.25, 0.3) is 5.82 Å². The molecule has 5 heterocycles. The summed E-state index contributed by atoms with van der Waals surface area (Å²) in [6.07, 6.45) is 2.80. The number of nitrogens with zero attached hydrogens (tertiary/aromatic N) is 14. The monoisotopic (exact) mass is 618 g/mol. The summed E-state index contributed by atoms with van der Waals surface area (Å²) >= 11 is 1.39. The lowest BCUT2D eigenvalue weighted by molar-refractivity contribution is 1.09. The van der Waals surface area contributed by atoms with E-state index < -0.39 is 5.95 Å². The Morgan fingerprint density at radius 2 is 1.34 bits per heavy atom. The van der Waals surface area contributed by atoms with E-state index in [4.69, 9.17) is 19.7 Å². The number of thiophene rings is 1. The standard InChI is InChI=1S/C32H6N14S/c1-38-27(26-23(11-36)43-24(12-37)46-31(26)39-2)16-7-19-29(42-14-16)28-18(17-4-5-47-30(17)19)6-15(13-41-28)20(8-33)25-21(9-34)44-32(40-3)45-22(25)10-35/h4-7,13-14H/b20-15+,27-16+. The van der Waals surface area contributed by atoms with Gasteiger partial charge in [-0.15, -0.1) is 27.9 Å². The second-order valence-electron chi connectivity index (χ2n) is 9.21. The molecule has 14 nitrogen and oxygen atoms in total. The van der Waals surface area contributed by atoms with Gasteiger partial charge in [-0.05, 0) is 22.7 Å². The van der Waals surface area contributed by atoms with Crippen molar-refractivity contribution in [3.05, 3.63) is 115 Å². The minimum Gasteiger partial charge on any atom is -0.394 e. The molecule has 6 aromatic rings. The van der Waals surface area contributed by atoms with Gasteiger partial charge in [0.2, 0.25) is 11.4 Å². The first kappa shape index (κ1) is 28.9. The predicted molar refractivity (Wildman–Crippen MR) is 164 cm³/mol. The molecule has 0 fully saturated rings. The SMILES string of the molecule is [C-]#[N+]/C(c1c(C#N)nc(C#N)nc1[N+]#[C-])=c1/cnc2c(c1)c1sccc1c1c/c(=C(/C#N)c3c(C#N)nc([N+]#[C-])nc3C#N)cnc12. The predicted octanol–water partition coefficient (Wildman–Crippen LogP) is 3.96. The molecular weight excluding hydrogens is 613 g/mol. The highest BCUT2D eigenvalue weighted by Gasteiger charge is 2.24. The molecule has 15 heteroatoms. The van der Waals surface area contributed by atoms with Gasteiger partial charge in [-0.1, -0.05) is 17.6 Å². The third-order valence-electron chi connectivity index (χ3n) is 6.88. The number of hydrogen-bond donors (Lipinski definition) is 0. The molecular formula is C32H6N14S. The maximum absolute atomic E-state index is 10.2. The molecule has 0 radical (unpaired) electrons. The number of aromatic nitrogens is 6. The molecule has 1 aromatic carbocycles. The number of hydrogen-bond acceptors (Lipinski definition) is 12. The minimum absolute atomic E-state index is 0.0827. The zero-order valence-corrected chi connectivity index (χ0v) is 23.9. The smallest absolute Gasteiger partial charge is 0.374 e. The molecule has 0 spiro atoms. The first-order valence-electron chi connectivity index (χ1n) is 12.8. The Hall–Kier alpha value is -8.18. The van der Waals surface area contributed by atoms with E-state index in [0.29, 0.717) is 21.8 Å². The van der Waals surface area contributed by atoms with Crippen LogP contribution >= 0.6 is 11.3 Å². The topological polar surface area (TPSA) is 209 Å². The van der Waals surface area contributed by atoms with Crippen molar-refractivity contribution in [2.75, 3.05) is 0 Å². The van der Waals surface area contributed by atoms with E-state index in [-0.39, 0.29) is 61.6 Å². The first-order valence-corrected chi connectivity index (χ1v) is 13.6. The maximum atomic E-state index is 10.2. The van der Waals surface area contributed by atoms with Crippen LogP contribution in [-0.4, -0.2) is 29.9 Å². The molecule has 0 aliphatic heterocycles. The molecule has 0 aliphatic carbocycles. The van der Waals surface area contributed by atoms with E-state index in [9.17, 15) is 26.3 Å². The summed E-state index contributed by atoms with van der Waals surface area (Å²) in [4.78, 5) is 34.8.